The van der Waals surface area contributed by atoms with Crippen molar-refractivity contribution in [3.63, 3.8) is 0 Å². The van der Waals surface area contributed by atoms with Gasteiger partial charge >= 0.3 is 0 Å². The quantitative estimate of drug-likeness (QED) is 0.916. The molecule has 4 saturated heterocycles. The number of aryl methyl sites for hydroxylation is 1. The smallest absolute Gasteiger partial charge is 0.272 e. The summed E-state index contributed by atoms with van der Waals surface area (Å²) in [5.74, 6) is 1.15. The van der Waals surface area contributed by atoms with Crippen LogP contribution < -0.4 is 0 Å². The second-order valence-corrected chi connectivity index (χ2v) is 7.80. The average Bonchev–Trinajstić information content (AvgIpc) is 3.32. The van der Waals surface area contributed by atoms with Crippen molar-refractivity contribution in [2.75, 3.05) is 19.6 Å². The van der Waals surface area contributed by atoms with E-state index in [-0.39, 0.29) is 5.91 Å². The molecule has 4 aliphatic rings. The standard InChI is InChI=1S/C20H24N4O/c1-13-2-4-14(5-3-13)16-12-24(20(25)17-6-9-21-22-17)18-15-7-10-23(11-8-15)19(16)18/h2-6,9,15-16,18-19H,7-8,10-12H2,1H3,(H,21,22)/t16-,18-,19-/m0/s1. The minimum absolute atomic E-state index is 0.107. The fraction of sp³-hybridized carbons (Fsp3) is 0.500. The van der Waals surface area contributed by atoms with E-state index in [0.717, 1.165) is 6.54 Å². The first kappa shape index (κ1) is 15.1. The summed E-state index contributed by atoms with van der Waals surface area (Å²) in [5.41, 5.74) is 3.27. The number of likely N-dealkylation sites (tertiary alicyclic amines) is 1. The van der Waals surface area contributed by atoms with Gasteiger partial charge in [-0.25, -0.2) is 0 Å². The highest BCUT2D eigenvalue weighted by molar-refractivity contribution is 5.92. The van der Waals surface area contributed by atoms with Crippen LogP contribution in [0.2, 0.25) is 0 Å². The molecule has 2 bridgehead atoms. The third-order valence-corrected chi connectivity index (χ3v) is 6.49. The Kier molecular flexibility index (Phi) is 3.45. The van der Waals surface area contributed by atoms with Crippen molar-refractivity contribution in [3.05, 3.63) is 53.3 Å². The second kappa shape index (κ2) is 5.70. The molecule has 4 fully saturated rings. The fourth-order valence-electron chi connectivity index (χ4n) is 5.29. The van der Waals surface area contributed by atoms with Crippen molar-refractivity contribution < 1.29 is 4.79 Å². The highest BCUT2D eigenvalue weighted by Gasteiger charge is 2.54. The van der Waals surface area contributed by atoms with Crippen molar-refractivity contribution in [1.82, 2.24) is 20.0 Å². The fourth-order valence-corrected chi connectivity index (χ4v) is 5.29. The first-order valence-electron chi connectivity index (χ1n) is 9.33. The van der Waals surface area contributed by atoms with Crippen LogP contribution in [0.5, 0.6) is 0 Å². The largest absolute Gasteiger partial charge is 0.332 e. The number of piperidine rings is 3. The minimum Gasteiger partial charge on any atom is -0.332 e. The molecule has 130 valence electrons. The van der Waals surface area contributed by atoms with Gasteiger partial charge in [0.15, 0.2) is 0 Å². The summed E-state index contributed by atoms with van der Waals surface area (Å²) in [4.78, 5) is 17.9. The van der Waals surface area contributed by atoms with Gasteiger partial charge in [0.25, 0.3) is 5.91 Å². The number of benzene rings is 1. The molecule has 4 aliphatic heterocycles. The van der Waals surface area contributed by atoms with Gasteiger partial charge in [-0.2, -0.15) is 5.10 Å². The molecule has 1 aromatic heterocycles. The molecule has 5 nitrogen and oxygen atoms in total. The first-order valence-corrected chi connectivity index (χ1v) is 9.33. The van der Waals surface area contributed by atoms with E-state index < -0.39 is 0 Å². The Morgan fingerprint density at radius 2 is 1.88 bits per heavy atom. The van der Waals surface area contributed by atoms with Gasteiger partial charge in [-0.05, 0) is 50.4 Å². The number of hydrogen-bond donors (Lipinski definition) is 1. The molecule has 1 amide bonds. The van der Waals surface area contributed by atoms with Crippen LogP contribution in [0.25, 0.3) is 0 Å². The number of nitrogens with zero attached hydrogens (tertiary/aromatic N) is 3. The van der Waals surface area contributed by atoms with Crippen LogP contribution in [0.15, 0.2) is 36.5 Å². The third-order valence-electron chi connectivity index (χ3n) is 6.49. The molecule has 1 N–H and O–H groups in total. The molecule has 0 unspecified atom stereocenters. The van der Waals surface area contributed by atoms with Gasteiger partial charge < -0.3 is 4.90 Å². The van der Waals surface area contributed by atoms with Crippen molar-refractivity contribution in [2.45, 2.75) is 37.8 Å². The normalized spacial score (nSPS) is 33.5. The lowest BCUT2D eigenvalue weighted by molar-refractivity contribution is -0.00358. The Morgan fingerprint density at radius 3 is 2.56 bits per heavy atom. The molecule has 5 heteroatoms. The predicted octanol–water partition coefficient (Wildman–Crippen LogP) is 2.42. The number of fused-ring (bicyclic) bond motifs is 2. The Bertz CT molecular complexity index is 762. The molecule has 2 aromatic rings. The highest BCUT2D eigenvalue weighted by Crippen LogP contribution is 2.46. The number of hydrogen-bond acceptors (Lipinski definition) is 3. The number of nitrogens with one attached hydrogen (secondary N) is 1. The number of aromatic nitrogens is 2. The average molecular weight is 336 g/mol. The number of rotatable bonds is 2. The molecule has 0 aliphatic carbocycles. The molecular formula is C20H24N4O. The summed E-state index contributed by atoms with van der Waals surface area (Å²) in [6, 6.07) is 11.5. The topological polar surface area (TPSA) is 52.2 Å². The summed E-state index contributed by atoms with van der Waals surface area (Å²) in [5, 5.41) is 6.83. The summed E-state index contributed by atoms with van der Waals surface area (Å²) < 4.78 is 0. The third kappa shape index (κ3) is 2.33. The van der Waals surface area contributed by atoms with E-state index >= 15 is 0 Å². The number of carbonyl (C=O) groups excluding carboxylic acids is 1. The van der Waals surface area contributed by atoms with Crippen LogP contribution in [0, 0.1) is 12.8 Å². The number of carbonyl (C=O) groups is 1. The maximum absolute atomic E-state index is 13.1. The molecule has 0 saturated carbocycles. The highest BCUT2D eigenvalue weighted by atomic mass is 16.2. The number of H-pyrrole nitrogens is 1. The molecule has 0 spiro atoms. The molecule has 0 radical (unpaired) electrons. The zero-order valence-corrected chi connectivity index (χ0v) is 14.6. The van der Waals surface area contributed by atoms with Crippen LogP contribution in [0.3, 0.4) is 0 Å². The molecule has 3 atom stereocenters. The van der Waals surface area contributed by atoms with Crippen LogP contribution in [-0.2, 0) is 0 Å². The van der Waals surface area contributed by atoms with Gasteiger partial charge in [0, 0.05) is 24.7 Å². The van der Waals surface area contributed by atoms with Crippen molar-refractivity contribution in [3.8, 4) is 0 Å². The van der Waals surface area contributed by atoms with Crippen molar-refractivity contribution in [1.29, 1.82) is 0 Å². The van der Waals surface area contributed by atoms with Crippen LogP contribution in [-0.4, -0.2) is 57.6 Å². The number of aromatic amines is 1. The lowest BCUT2D eigenvalue weighted by Crippen LogP contribution is -2.60. The zero-order chi connectivity index (χ0) is 17.0. The van der Waals surface area contributed by atoms with Gasteiger partial charge in [-0.15, -0.1) is 0 Å². The van der Waals surface area contributed by atoms with Crippen LogP contribution in [0.1, 0.15) is 40.4 Å². The van der Waals surface area contributed by atoms with Gasteiger partial charge in [0.1, 0.15) is 5.69 Å². The SMILES string of the molecule is Cc1ccc([C@@H]2CN(C(=O)c3ccn[nH]3)[C@H]3C4CCN(CC4)[C@@H]23)cc1. The van der Waals surface area contributed by atoms with E-state index in [1.165, 1.54) is 37.1 Å². The lowest BCUT2D eigenvalue weighted by atomic mass is 9.75. The monoisotopic (exact) mass is 336 g/mol. The minimum atomic E-state index is 0.107. The molecule has 25 heavy (non-hydrogen) atoms. The Labute approximate surface area is 148 Å². The van der Waals surface area contributed by atoms with Crippen molar-refractivity contribution in [2.24, 2.45) is 5.92 Å². The summed E-state index contributed by atoms with van der Waals surface area (Å²) >= 11 is 0. The van der Waals surface area contributed by atoms with E-state index in [1.54, 1.807) is 12.3 Å². The van der Waals surface area contributed by atoms with Crippen LogP contribution >= 0.6 is 0 Å². The van der Waals surface area contributed by atoms with Gasteiger partial charge in [0.05, 0.1) is 6.04 Å². The van der Waals surface area contributed by atoms with E-state index in [2.05, 4.69) is 51.2 Å². The van der Waals surface area contributed by atoms with Gasteiger partial charge in [0.2, 0.25) is 0 Å². The Morgan fingerprint density at radius 1 is 1.12 bits per heavy atom. The lowest BCUT2D eigenvalue weighted by Gasteiger charge is -2.51. The van der Waals surface area contributed by atoms with Crippen molar-refractivity contribution >= 4 is 5.91 Å². The summed E-state index contributed by atoms with van der Waals surface area (Å²) in [6.45, 7) is 5.30. The number of amides is 1. The predicted molar refractivity (Wildman–Crippen MR) is 95.4 cm³/mol. The van der Waals surface area contributed by atoms with E-state index in [9.17, 15) is 4.79 Å². The summed E-state index contributed by atoms with van der Waals surface area (Å²) in [6.07, 6.45) is 4.10. The molecule has 6 rings (SSSR count). The van der Waals surface area contributed by atoms with E-state index in [1.807, 2.05) is 0 Å². The molecule has 1 aromatic carbocycles. The maximum Gasteiger partial charge on any atom is 0.272 e. The molecular weight excluding hydrogens is 312 g/mol. The Balaban J connectivity index is 1.53. The second-order valence-electron chi connectivity index (χ2n) is 7.80. The van der Waals surface area contributed by atoms with Crippen LogP contribution in [0.4, 0.5) is 0 Å². The Hall–Kier alpha value is -2.14. The maximum atomic E-state index is 13.1. The van der Waals surface area contributed by atoms with Gasteiger partial charge in [-0.1, -0.05) is 29.8 Å². The zero-order valence-electron chi connectivity index (χ0n) is 14.6. The summed E-state index contributed by atoms with van der Waals surface area (Å²) in [7, 11) is 0. The van der Waals surface area contributed by atoms with E-state index in [0.29, 0.717) is 29.6 Å². The van der Waals surface area contributed by atoms with E-state index in [4.69, 9.17) is 0 Å². The molecule has 5 heterocycles. The first-order chi connectivity index (χ1) is 12.2. The van der Waals surface area contributed by atoms with Gasteiger partial charge in [-0.3, -0.25) is 14.8 Å².